The van der Waals surface area contributed by atoms with E-state index in [1.807, 2.05) is 42.9 Å². The van der Waals surface area contributed by atoms with E-state index in [4.69, 9.17) is 4.98 Å². The number of aryl methyl sites for hydroxylation is 1. The fourth-order valence-corrected chi connectivity index (χ4v) is 4.52. The molecule has 154 valence electrons. The lowest BCUT2D eigenvalue weighted by atomic mass is 10.1. The maximum atomic E-state index is 12.2. The van der Waals surface area contributed by atoms with E-state index in [9.17, 15) is 4.79 Å². The number of aromatic nitrogens is 5. The Kier molecular flexibility index (Phi) is 4.79. The second-order valence-corrected chi connectivity index (χ2v) is 8.06. The average Bonchev–Trinajstić information content (AvgIpc) is 3.41. The van der Waals surface area contributed by atoms with Gasteiger partial charge >= 0.3 is 0 Å². The Bertz CT molecular complexity index is 1390. The molecule has 0 fully saturated rings. The number of imidazole rings is 1. The van der Waals surface area contributed by atoms with Crippen LogP contribution in [0.15, 0.2) is 55.1 Å². The lowest BCUT2D eigenvalue weighted by molar-refractivity contribution is 0.0950. The van der Waals surface area contributed by atoms with Crippen molar-refractivity contribution in [2.24, 2.45) is 7.05 Å². The van der Waals surface area contributed by atoms with Gasteiger partial charge in [0.1, 0.15) is 15.2 Å². The van der Waals surface area contributed by atoms with Gasteiger partial charge in [-0.05, 0) is 17.7 Å². The maximum absolute atomic E-state index is 12.2. The summed E-state index contributed by atoms with van der Waals surface area (Å²) in [5.74, 6) is 0.578. The van der Waals surface area contributed by atoms with Crippen LogP contribution in [0.4, 0.5) is 5.82 Å². The fraction of sp³-hybridized carbons (Fsp3) is 0.136. The number of amides is 1. The first-order valence-corrected chi connectivity index (χ1v) is 10.5. The Morgan fingerprint density at radius 1 is 1.16 bits per heavy atom. The Hall–Kier alpha value is -3.85. The number of thiazole rings is 1. The van der Waals surface area contributed by atoms with Crippen LogP contribution in [-0.2, 0) is 13.6 Å². The summed E-state index contributed by atoms with van der Waals surface area (Å²) in [4.78, 5) is 30.0. The van der Waals surface area contributed by atoms with Crippen LogP contribution < -0.4 is 10.6 Å². The highest BCUT2D eigenvalue weighted by atomic mass is 32.1. The van der Waals surface area contributed by atoms with Gasteiger partial charge in [-0.15, -0.1) is 11.3 Å². The standard InChI is InChI=1S/C22H19N7OS/c1-23-19-16-17(29(2)12-26-16)18-20(27-19)28-22(31-18)14-7-5-13(6-8-14)10-25-21(30)15-4-3-9-24-11-15/h3-9,11-12H,10H2,1-2H3,(H,23,27)(H,25,30). The van der Waals surface area contributed by atoms with E-state index in [0.29, 0.717) is 17.8 Å². The Labute approximate surface area is 182 Å². The molecule has 0 aliphatic heterocycles. The molecule has 0 atom stereocenters. The number of pyridine rings is 2. The number of nitrogens with one attached hydrogen (secondary N) is 2. The summed E-state index contributed by atoms with van der Waals surface area (Å²) in [6.07, 6.45) is 4.99. The number of carbonyl (C=O) groups is 1. The molecule has 0 spiro atoms. The monoisotopic (exact) mass is 429 g/mol. The van der Waals surface area contributed by atoms with Crippen LogP contribution in [0.25, 0.3) is 32.0 Å². The third kappa shape index (κ3) is 3.49. The van der Waals surface area contributed by atoms with Crippen molar-refractivity contribution in [2.45, 2.75) is 6.54 Å². The number of nitrogens with zero attached hydrogens (tertiary/aromatic N) is 5. The summed E-state index contributed by atoms with van der Waals surface area (Å²) >= 11 is 1.60. The minimum atomic E-state index is -0.144. The molecular weight excluding hydrogens is 410 g/mol. The van der Waals surface area contributed by atoms with Crippen molar-refractivity contribution in [1.29, 1.82) is 0 Å². The number of hydrogen-bond donors (Lipinski definition) is 2. The molecule has 2 N–H and O–H groups in total. The summed E-state index contributed by atoms with van der Waals surface area (Å²) in [6, 6.07) is 11.5. The van der Waals surface area contributed by atoms with Gasteiger partial charge in [0.2, 0.25) is 0 Å². The third-order valence-corrected chi connectivity index (χ3v) is 6.12. The van der Waals surface area contributed by atoms with Gasteiger partial charge < -0.3 is 15.2 Å². The van der Waals surface area contributed by atoms with Gasteiger partial charge in [0.25, 0.3) is 5.91 Å². The van der Waals surface area contributed by atoms with Crippen LogP contribution in [-0.4, -0.2) is 37.5 Å². The maximum Gasteiger partial charge on any atom is 0.253 e. The highest BCUT2D eigenvalue weighted by Crippen LogP contribution is 2.35. The number of benzene rings is 1. The van der Waals surface area contributed by atoms with Crippen molar-refractivity contribution in [3.63, 3.8) is 0 Å². The average molecular weight is 430 g/mol. The smallest absolute Gasteiger partial charge is 0.253 e. The molecule has 4 aromatic heterocycles. The number of anilines is 1. The number of rotatable bonds is 5. The first-order valence-electron chi connectivity index (χ1n) is 9.71. The van der Waals surface area contributed by atoms with Crippen LogP contribution in [0.2, 0.25) is 0 Å². The van der Waals surface area contributed by atoms with E-state index in [2.05, 4.69) is 25.6 Å². The van der Waals surface area contributed by atoms with Crippen molar-refractivity contribution >= 4 is 44.4 Å². The summed E-state index contributed by atoms with van der Waals surface area (Å²) in [6.45, 7) is 0.441. The van der Waals surface area contributed by atoms with Crippen LogP contribution in [0.3, 0.4) is 0 Å². The second kappa shape index (κ2) is 7.77. The molecule has 0 radical (unpaired) electrons. The number of fused-ring (bicyclic) bond motifs is 3. The Morgan fingerprint density at radius 3 is 2.74 bits per heavy atom. The summed E-state index contributed by atoms with van der Waals surface area (Å²) in [7, 11) is 3.81. The second-order valence-electron chi connectivity index (χ2n) is 7.06. The molecule has 0 saturated heterocycles. The molecule has 0 aliphatic carbocycles. The quantitative estimate of drug-likeness (QED) is 0.443. The first kappa shape index (κ1) is 19.1. The highest BCUT2D eigenvalue weighted by Gasteiger charge is 2.17. The van der Waals surface area contributed by atoms with Gasteiger partial charge in [0.05, 0.1) is 17.4 Å². The van der Waals surface area contributed by atoms with Crippen molar-refractivity contribution in [1.82, 2.24) is 29.8 Å². The Balaban J connectivity index is 1.40. The number of hydrogen-bond acceptors (Lipinski definition) is 7. The summed E-state index contributed by atoms with van der Waals surface area (Å²) in [5.41, 5.74) is 5.12. The molecule has 9 heteroatoms. The molecule has 0 bridgehead atoms. The van der Waals surface area contributed by atoms with Gasteiger partial charge in [-0.2, -0.15) is 0 Å². The van der Waals surface area contributed by atoms with Crippen molar-refractivity contribution in [3.8, 4) is 10.6 Å². The third-order valence-electron chi connectivity index (χ3n) is 5.02. The predicted octanol–water partition coefficient (Wildman–Crippen LogP) is 3.61. The lowest BCUT2D eigenvalue weighted by Gasteiger charge is -2.05. The van der Waals surface area contributed by atoms with E-state index in [-0.39, 0.29) is 5.91 Å². The van der Waals surface area contributed by atoms with Gasteiger partial charge in [-0.25, -0.2) is 15.0 Å². The molecule has 31 heavy (non-hydrogen) atoms. The predicted molar refractivity (Wildman–Crippen MR) is 122 cm³/mol. The molecule has 5 aromatic rings. The molecule has 0 aliphatic rings. The molecule has 1 aromatic carbocycles. The molecule has 8 nitrogen and oxygen atoms in total. The Morgan fingerprint density at radius 2 is 2.00 bits per heavy atom. The minimum absolute atomic E-state index is 0.144. The first-order chi connectivity index (χ1) is 15.1. The van der Waals surface area contributed by atoms with Gasteiger partial charge in [0, 0.05) is 38.6 Å². The normalized spacial score (nSPS) is 11.2. The van der Waals surface area contributed by atoms with E-state index in [1.165, 1.54) is 0 Å². The SMILES string of the molecule is CNc1nc2nc(-c3ccc(CNC(=O)c4cccnc4)cc3)sc2c2c1ncn2C. The molecular formula is C22H19N7OS. The zero-order valence-corrected chi connectivity index (χ0v) is 17.8. The molecule has 5 rings (SSSR count). The van der Waals surface area contributed by atoms with Crippen LogP contribution >= 0.6 is 11.3 Å². The van der Waals surface area contributed by atoms with Crippen LogP contribution in [0.1, 0.15) is 15.9 Å². The highest BCUT2D eigenvalue weighted by molar-refractivity contribution is 7.22. The fourth-order valence-electron chi connectivity index (χ4n) is 3.42. The lowest BCUT2D eigenvalue weighted by Crippen LogP contribution is -2.22. The van der Waals surface area contributed by atoms with E-state index < -0.39 is 0 Å². The molecule has 4 heterocycles. The minimum Gasteiger partial charge on any atom is -0.371 e. The van der Waals surface area contributed by atoms with E-state index >= 15 is 0 Å². The van der Waals surface area contributed by atoms with Gasteiger partial charge in [-0.3, -0.25) is 9.78 Å². The van der Waals surface area contributed by atoms with Gasteiger partial charge in [-0.1, -0.05) is 24.3 Å². The topological polar surface area (TPSA) is 97.6 Å². The summed E-state index contributed by atoms with van der Waals surface area (Å²) in [5, 5.41) is 6.91. The zero-order chi connectivity index (χ0) is 21.4. The van der Waals surface area contributed by atoms with E-state index in [1.54, 1.807) is 42.2 Å². The van der Waals surface area contributed by atoms with E-state index in [0.717, 1.165) is 37.7 Å². The van der Waals surface area contributed by atoms with Crippen LogP contribution in [0, 0.1) is 0 Å². The van der Waals surface area contributed by atoms with Crippen molar-refractivity contribution in [3.05, 3.63) is 66.2 Å². The van der Waals surface area contributed by atoms with Crippen molar-refractivity contribution in [2.75, 3.05) is 12.4 Å². The number of carbonyl (C=O) groups excluding carboxylic acids is 1. The molecule has 1 amide bonds. The van der Waals surface area contributed by atoms with Crippen molar-refractivity contribution < 1.29 is 4.79 Å². The molecule has 0 saturated carbocycles. The zero-order valence-electron chi connectivity index (χ0n) is 17.0. The van der Waals surface area contributed by atoms with Gasteiger partial charge in [0.15, 0.2) is 11.5 Å². The summed E-state index contributed by atoms with van der Waals surface area (Å²) < 4.78 is 3.01. The largest absolute Gasteiger partial charge is 0.371 e. The van der Waals surface area contributed by atoms with Crippen LogP contribution in [0.5, 0.6) is 0 Å². The molecule has 0 unspecified atom stereocenters.